The molecule has 6 nitrogen and oxygen atoms in total. The van der Waals surface area contributed by atoms with Crippen molar-refractivity contribution >= 4 is 27.7 Å². The number of fused-ring (bicyclic) bond motifs is 3. The monoisotopic (exact) mass is 396 g/mol. The normalized spacial score (nSPS) is 11.2. The molecule has 0 amide bonds. The fraction of sp³-hybridized carbons (Fsp3) is 0. The van der Waals surface area contributed by atoms with E-state index in [1.165, 1.54) is 10.9 Å². The minimum atomic E-state index is -0.782. The second-order valence-corrected chi connectivity index (χ2v) is 6.88. The minimum Gasteiger partial charge on any atom is -0.506 e. The average molecular weight is 396 g/mol. The molecule has 0 unspecified atom stereocenters. The van der Waals surface area contributed by atoms with Crippen molar-refractivity contribution in [3.63, 3.8) is 0 Å². The standard InChI is InChI=1S/C24H16N2O4/c1-14(27)22-23(29)20(28)13-26(25-22)19-11-4-2-7-15(19)17-9-6-10-18-16-8-3-5-12-21(16)30-24(17)18/h2-13,27-28H,1H2. The number of benzene rings is 3. The molecule has 0 saturated carbocycles. The molecule has 0 bridgehead atoms. The topological polar surface area (TPSA) is 88.5 Å². The Morgan fingerprint density at radius 2 is 1.63 bits per heavy atom. The molecule has 6 heteroatoms. The highest BCUT2D eigenvalue weighted by Crippen LogP contribution is 2.37. The van der Waals surface area contributed by atoms with Crippen LogP contribution in [0.25, 0.3) is 44.5 Å². The number of hydrogen-bond acceptors (Lipinski definition) is 5. The van der Waals surface area contributed by atoms with Crippen LogP contribution in [0.2, 0.25) is 0 Å². The number of nitrogens with zero attached hydrogens (tertiary/aromatic N) is 2. The zero-order valence-corrected chi connectivity index (χ0v) is 15.7. The summed E-state index contributed by atoms with van der Waals surface area (Å²) in [6, 6.07) is 21.1. The molecular weight excluding hydrogens is 380 g/mol. The molecule has 2 aromatic heterocycles. The summed E-state index contributed by atoms with van der Waals surface area (Å²) >= 11 is 0. The Kier molecular flexibility index (Phi) is 3.93. The van der Waals surface area contributed by atoms with E-state index in [4.69, 9.17) is 4.42 Å². The van der Waals surface area contributed by atoms with Crippen LogP contribution in [-0.4, -0.2) is 20.0 Å². The fourth-order valence-electron chi connectivity index (χ4n) is 3.65. The Balaban J connectivity index is 1.80. The van der Waals surface area contributed by atoms with E-state index in [1.807, 2.05) is 60.7 Å². The smallest absolute Gasteiger partial charge is 0.252 e. The average Bonchev–Trinajstić information content (AvgIpc) is 3.14. The lowest BCUT2D eigenvalue weighted by Crippen LogP contribution is -2.16. The molecule has 2 N–H and O–H groups in total. The van der Waals surface area contributed by atoms with Crippen molar-refractivity contribution in [3.8, 4) is 22.6 Å². The first-order valence-electron chi connectivity index (χ1n) is 9.26. The third kappa shape index (κ3) is 2.66. The van der Waals surface area contributed by atoms with Crippen molar-refractivity contribution in [3.05, 3.63) is 95.4 Å². The maximum absolute atomic E-state index is 12.1. The third-order valence-corrected chi connectivity index (χ3v) is 5.02. The molecule has 0 saturated heterocycles. The van der Waals surface area contributed by atoms with Crippen molar-refractivity contribution in [1.82, 2.24) is 9.78 Å². The predicted molar refractivity (Wildman–Crippen MR) is 116 cm³/mol. The maximum atomic E-state index is 12.1. The summed E-state index contributed by atoms with van der Waals surface area (Å²) in [5.41, 5.74) is 2.64. The SMILES string of the molecule is C=C(O)c1nn(-c2ccccc2-c2cccc3c2oc2ccccc23)cc(O)c1=O. The van der Waals surface area contributed by atoms with Gasteiger partial charge in [-0.05, 0) is 12.1 Å². The van der Waals surface area contributed by atoms with Gasteiger partial charge >= 0.3 is 0 Å². The van der Waals surface area contributed by atoms with Crippen LogP contribution in [0.5, 0.6) is 5.75 Å². The van der Waals surface area contributed by atoms with Crippen LogP contribution in [0, 0.1) is 0 Å². The molecule has 0 aliphatic carbocycles. The van der Waals surface area contributed by atoms with Crippen LogP contribution >= 0.6 is 0 Å². The van der Waals surface area contributed by atoms with E-state index < -0.39 is 16.9 Å². The molecule has 0 spiro atoms. The van der Waals surface area contributed by atoms with Gasteiger partial charge in [0.25, 0.3) is 5.43 Å². The van der Waals surface area contributed by atoms with Gasteiger partial charge in [0.15, 0.2) is 11.4 Å². The summed E-state index contributed by atoms with van der Waals surface area (Å²) in [5, 5.41) is 26.0. The van der Waals surface area contributed by atoms with E-state index in [1.54, 1.807) is 6.07 Å². The molecule has 5 aromatic rings. The Bertz CT molecular complexity index is 1510. The van der Waals surface area contributed by atoms with Crippen LogP contribution < -0.4 is 5.43 Å². The number of aliphatic hydroxyl groups is 1. The second kappa shape index (κ2) is 6.63. The van der Waals surface area contributed by atoms with E-state index in [-0.39, 0.29) is 5.69 Å². The first-order chi connectivity index (χ1) is 14.5. The van der Waals surface area contributed by atoms with E-state index in [0.717, 1.165) is 33.1 Å². The highest BCUT2D eigenvalue weighted by Gasteiger charge is 2.17. The van der Waals surface area contributed by atoms with Gasteiger partial charge in [-0.15, -0.1) is 0 Å². The van der Waals surface area contributed by atoms with Gasteiger partial charge in [-0.3, -0.25) is 4.79 Å². The highest BCUT2D eigenvalue weighted by molar-refractivity contribution is 6.10. The van der Waals surface area contributed by atoms with Crippen molar-refractivity contribution in [2.75, 3.05) is 0 Å². The van der Waals surface area contributed by atoms with Gasteiger partial charge < -0.3 is 14.6 Å². The van der Waals surface area contributed by atoms with Crippen LogP contribution in [0.4, 0.5) is 0 Å². The summed E-state index contributed by atoms with van der Waals surface area (Å²) in [4.78, 5) is 12.1. The number of rotatable bonds is 3. The number of furan rings is 1. The quantitative estimate of drug-likeness (QED) is 0.418. The molecule has 146 valence electrons. The summed E-state index contributed by atoms with van der Waals surface area (Å²) in [6.45, 7) is 3.36. The number of aromatic nitrogens is 2. The lowest BCUT2D eigenvalue weighted by Gasteiger charge is -2.13. The van der Waals surface area contributed by atoms with Crippen LogP contribution in [0.1, 0.15) is 5.69 Å². The predicted octanol–water partition coefficient (Wildman–Crippen LogP) is 5.03. The third-order valence-electron chi connectivity index (χ3n) is 5.02. The summed E-state index contributed by atoms with van der Waals surface area (Å²) in [5.74, 6) is -1.05. The molecule has 0 fully saturated rings. The molecule has 5 rings (SSSR count). The lowest BCUT2D eigenvalue weighted by atomic mass is 10.0. The van der Waals surface area contributed by atoms with E-state index in [9.17, 15) is 15.0 Å². The molecule has 0 aliphatic heterocycles. The molecule has 3 aromatic carbocycles. The van der Waals surface area contributed by atoms with Gasteiger partial charge in [-0.1, -0.05) is 61.2 Å². The van der Waals surface area contributed by atoms with Crippen molar-refractivity contribution in [1.29, 1.82) is 0 Å². The number of hydrogen-bond donors (Lipinski definition) is 2. The number of aromatic hydroxyl groups is 1. The van der Waals surface area contributed by atoms with E-state index >= 15 is 0 Å². The lowest BCUT2D eigenvalue weighted by molar-refractivity contribution is 0.455. The molecule has 0 radical (unpaired) electrons. The van der Waals surface area contributed by atoms with Gasteiger partial charge in [0.05, 0.1) is 11.9 Å². The number of para-hydroxylation sites is 3. The van der Waals surface area contributed by atoms with E-state index in [2.05, 4.69) is 11.7 Å². The summed E-state index contributed by atoms with van der Waals surface area (Å²) in [6.07, 6.45) is 1.21. The Hall–Kier alpha value is -4.32. The highest BCUT2D eigenvalue weighted by atomic mass is 16.3. The molecule has 0 atom stereocenters. The van der Waals surface area contributed by atoms with Gasteiger partial charge in [-0.2, -0.15) is 5.10 Å². The Morgan fingerprint density at radius 3 is 2.47 bits per heavy atom. The van der Waals surface area contributed by atoms with Gasteiger partial charge in [0.2, 0.25) is 0 Å². The summed E-state index contributed by atoms with van der Waals surface area (Å²) in [7, 11) is 0. The van der Waals surface area contributed by atoms with Gasteiger partial charge in [0, 0.05) is 21.9 Å². The first-order valence-corrected chi connectivity index (χ1v) is 9.26. The molecular formula is C24H16N2O4. The maximum Gasteiger partial charge on any atom is 0.252 e. The van der Waals surface area contributed by atoms with E-state index in [0.29, 0.717) is 5.69 Å². The van der Waals surface area contributed by atoms with Crippen molar-refractivity contribution < 1.29 is 14.6 Å². The zero-order chi connectivity index (χ0) is 20.8. The molecule has 0 aliphatic rings. The fourth-order valence-corrected chi connectivity index (χ4v) is 3.65. The molecule has 2 heterocycles. The second-order valence-electron chi connectivity index (χ2n) is 6.88. The van der Waals surface area contributed by atoms with Crippen LogP contribution in [0.3, 0.4) is 0 Å². The van der Waals surface area contributed by atoms with Crippen LogP contribution in [0.15, 0.2) is 88.7 Å². The van der Waals surface area contributed by atoms with Crippen molar-refractivity contribution in [2.45, 2.75) is 0 Å². The first kappa shape index (κ1) is 17.8. The Morgan fingerprint density at radius 1 is 0.933 bits per heavy atom. The van der Waals surface area contributed by atoms with Gasteiger partial charge in [-0.25, -0.2) is 4.68 Å². The Labute approximate surface area is 170 Å². The van der Waals surface area contributed by atoms with Gasteiger partial charge in [0.1, 0.15) is 16.9 Å². The van der Waals surface area contributed by atoms with Crippen molar-refractivity contribution in [2.24, 2.45) is 0 Å². The largest absolute Gasteiger partial charge is 0.506 e. The van der Waals surface area contributed by atoms with Crippen LogP contribution in [-0.2, 0) is 0 Å². The minimum absolute atomic E-state index is 0.313. The summed E-state index contributed by atoms with van der Waals surface area (Å²) < 4.78 is 7.50. The zero-order valence-electron chi connectivity index (χ0n) is 15.7. The number of aliphatic hydroxyl groups excluding tert-OH is 1. The molecule has 30 heavy (non-hydrogen) atoms.